The minimum Gasteiger partial charge on any atom is -0.205 e. The molecule has 0 aromatic heterocycles. The number of hydrogen-bond donors (Lipinski definition) is 0. The number of benzene rings is 4. The average Bonchev–Trinajstić information content (AvgIpc) is 2.81. The number of rotatable bonds is 4. The number of unbranched alkanes of at least 4 members (excludes halogenated alkanes) is 1. The molecule has 4 aromatic carbocycles. The maximum Gasteiger partial charge on any atom is 0.195 e. The van der Waals surface area contributed by atoms with E-state index in [0.717, 1.165) is 25.3 Å². The third-order valence-electron chi connectivity index (χ3n) is 5.45. The zero-order valence-electron chi connectivity index (χ0n) is 17.8. The molecule has 0 fully saturated rings. The van der Waals surface area contributed by atoms with Gasteiger partial charge in [-0.3, -0.25) is 0 Å². The normalized spacial score (nSPS) is 10.8. The summed E-state index contributed by atoms with van der Waals surface area (Å²) < 4.78 is 70.1. The Bertz CT molecular complexity index is 1370. The van der Waals surface area contributed by atoms with E-state index >= 15 is 0 Å². The number of fused-ring (bicyclic) bond motifs is 1. The highest BCUT2D eigenvalue weighted by Gasteiger charge is 2.14. The summed E-state index contributed by atoms with van der Waals surface area (Å²) in [6, 6.07) is 14.8. The van der Waals surface area contributed by atoms with Crippen LogP contribution in [0.25, 0.3) is 21.9 Å². The van der Waals surface area contributed by atoms with E-state index in [9.17, 15) is 22.0 Å². The summed E-state index contributed by atoms with van der Waals surface area (Å²) in [4.78, 5) is 0. The van der Waals surface area contributed by atoms with Crippen LogP contribution in [0.2, 0.25) is 0 Å². The largest absolute Gasteiger partial charge is 0.205 e. The van der Waals surface area contributed by atoms with Crippen LogP contribution >= 0.6 is 0 Å². The molecule has 5 heteroatoms. The molecule has 166 valence electrons. The fraction of sp³-hybridized carbons (Fsp3) is 0.143. The van der Waals surface area contributed by atoms with Crippen molar-refractivity contribution in [3.63, 3.8) is 0 Å². The summed E-state index contributed by atoms with van der Waals surface area (Å²) in [6.07, 6.45) is 3.12. The minimum atomic E-state index is -1.55. The smallest absolute Gasteiger partial charge is 0.195 e. The average molecular weight is 450 g/mol. The van der Waals surface area contributed by atoms with Crippen LogP contribution in [0.15, 0.2) is 60.7 Å². The van der Waals surface area contributed by atoms with Crippen LogP contribution < -0.4 is 0 Å². The number of halogens is 5. The Morgan fingerprint density at radius 2 is 1.36 bits per heavy atom. The van der Waals surface area contributed by atoms with Gasteiger partial charge in [0.2, 0.25) is 0 Å². The minimum absolute atomic E-state index is 0.0943. The molecule has 4 aromatic rings. The first-order valence-electron chi connectivity index (χ1n) is 10.5. The second-order valence-electron chi connectivity index (χ2n) is 7.79. The predicted octanol–water partition coefficient (Wildman–Crippen LogP) is 7.94. The summed E-state index contributed by atoms with van der Waals surface area (Å²) in [7, 11) is 0. The Kier molecular flexibility index (Phi) is 6.46. The molecular weight excluding hydrogens is 431 g/mol. The highest BCUT2D eigenvalue weighted by atomic mass is 19.2. The zero-order valence-corrected chi connectivity index (χ0v) is 17.8. The van der Waals surface area contributed by atoms with Crippen molar-refractivity contribution in [1.82, 2.24) is 0 Å². The molecule has 0 spiro atoms. The SMILES string of the molecule is CCCCc1ccc(-c2cc(F)c(C#Cc3ccc4c(F)c(F)c(F)cc4c3)c(F)c2)cc1. The number of hydrogen-bond acceptors (Lipinski definition) is 0. The fourth-order valence-corrected chi connectivity index (χ4v) is 3.62. The Balaban J connectivity index is 1.63. The van der Waals surface area contributed by atoms with E-state index in [2.05, 4.69) is 18.8 Å². The maximum atomic E-state index is 14.7. The molecule has 0 aliphatic heterocycles. The van der Waals surface area contributed by atoms with Crippen LogP contribution in [0, 0.1) is 40.9 Å². The molecule has 0 aliphatic rings. The van der Waals surface area contributed by atoms with Crippen molar-refractivity contribution in [2.75, 3.05) is 0 Å². The van der Waals surface area contributed by atoms with Crippen LogP contribution in [-0.4, -0.2) is 0 Å². The molecule has 0 amide bonds. The first-order valence-corrected chi connectivity index (χ1v) is 10.5. The Morgan fingerprint density at radius 3 is 2.03 bits per heavy atom. The molecule has 0 bridgehead atoms. The lowest BCUT2D eigenvalue weighted by molar-refractivity contribution is 0.453. The molecule has 0 heterocycles. The summed E-state index contributed by atoms with van der Waals surface area (Å²) >= 11 is 0. The van der Waals surface area contributed by atoms with Gasteiger partial charge in [-0.05, 0) is 65.3 Å². The van der Waals surface area contributed by atoms with E-state index in [0.29, 0.717) is 11.1 Å². The fourth-order valence-electron chi connectivity index (χ4n) is 3.62. The summed E-state index contributed by atoms with van der Waals surface area (Å²) in [6.45, 7) is 2.12. The van der Waals surface area contributed by atoms with Crippen molar-refractivity contribution in [2.45, 2.75) is 26.2 Å². The molecule has 0 saturated heterocycles. The number of aryl methyl sites for hydroxylation is 1. The van der Waals surface area contributed by atoms with Gasteiger partial charge in [-0.15, -0.1) is 0 Å². The lowest BCUT2D eigenvalue weighted by Crippen LogP contribution is -1.94. The highest BCUT2D eigenvalue weighted by molar-refractivity contribution is 5.84. The summed E-state index contributed by atoms with van der Waals surface area (Å²) in [5.41, 5.74) is 2.13. The highest BCUT2D eigenvalue weighted by Crippen LogP contribution is 2.26. The van der Waals surface area contributed by atoms with Gasteiger partial charge in [-0.1, -0.05) is 55.5 Å². The van der Waals surface area contributed by atoms with Gasteiger partial charge in [0.1, 0.15) is 11.6 Å². The van der Waals surface area contributed by atoms with Gasteiger partial charge < -0.3 is 0 Å². The molecule has 0 unspecified atom stereocenters. The van der Waals surface area contributed by atoms with E-state index in [1.54, 1.807) is 0 Å². The molecule has 0 N–H and O–H groups in total. The summed E-state index contributed by atoms with van der Waals surface area (Å²) in [5, 5.41) is -0.0150. The van der Waals surface area contributed by atoms with Crippen LogP contribution in [0.4, 0.5) is 22.0 Å². The monoisotopic (exact) mass is 450 g/mol. The molecule has 4 rings (SSSR count). The third kappa shape index (κ3) is 4.75. The van der Waals surface area contributed by atoms with Crippen molar-refractivity contribution in [3.8, 4) is 23.0 Å². The molecule has 0 aliphatic carbocycles. The van der Waals surface area contributed by atoms with Crippen LogP contribution in [0.5, 0.6) is 0 Å². The van der Waals surface area contributed by atoms with Gasteiger partial charge in [0.15, 0.2) is 17.5 Å². The molecule has 0 nitrogen and oxygen atoms in total. The molecular formula is C28H19F5. The lowest BCUT2D eigenvalue weighted by atomic mass is 10.00. The molecule has 0 radical (unpaired) electrons. The Morgan fingerprint density at radius 1 is 0.667 bits per heavy atom. The van der Waals surface area contributed by atoms with E-state index in [4.69, 9.17) is 0 Å². The van der Waals surface area contributed by atoms with Crippen LogP contribution in [0.3, 0.4) is 0 Å². The van der Waals surface area contributed by atoms with Gasteiger partial charge in [0.05, 0.1) is 5.56 Å². The first kappa shape index (κ1) is 22.5. The van der Waals surface area contributed by atoms with Crippen molar-refractivity contribution in [3.05, 3.63) is 106 Å². The molecule has 0 atom stereocenters. The zero-order chi connectivity index (χ0) is 23.5. The van der Waals surface area contributed by atoms with E-state index in [-0.39, 0.29) is 16.3 Å². The summed E-state index contributed by atoms with van der Waals surface area (Å²) in [5.74, 6) is -0.740. The van der Waals surface area contributed by atoms with E-state index < -0.39 is 34.6 Å². The van der Waals surface area contributed by atoms with Gasteiger partial charge in [-0.2, -0.15) is 0 Å². The van der Waals surface area contributed by atoms with Gasteiger partial charge in [-0.25, -0.2) is 22.0 Å². The van der Waals surface area contributed by atoms with Crippen molar-refractivity contribution < 1.29 is 22.0 Å². The third-order valence-corrected chi connectivity index (χ3v) is 5.45. The quantitative estimate of drug-likeness (QED) is 0.168. The van der Waals surface area contributed by atoms with Crippen LogP contribution in [-0.2, 0) is 6.42 Å². The van der Waals surface area contributed by atoms with E-state index in [1.165, 1.54) is 35.9 Å². The van der Waals surface area contributed by atoms with E-state index in [1.807, 2.05) is 24.3 Å². The first-order chi connectivity index (χ1) is 15.9. The van der Waals surface area contributed by atoms with Gasteiger partial charge in [0.25, 0.3) is 0 Å². The van der Waals surface area contributed by atoms with Crippen molar-refractivity contribution >= 4 is 10.8 Å². The molecule has 0 saturated carbocycles. The Hall–Kier alpha value is -3.65. The van der Waals surface area contributed by atoms with Crippen molar-refractivity contribution in [2.24, 2.45) is 0 Å². The standard InChI is InChI=1S/C28H19F5/c1-2-3-4-17-5-9-19(10-6-17)20-14-24(29)23(25(30)15-20)12-8-18-7-11-22-21(13-18)16-26(31)28(33)27(22)32/h5-7,9-11,13-16H,2-4H2,1H3. The second-order valence-corrected chi connectivity index (χ2v) is 7.79. The molecule has 33 heavy (non-hydrogen) atoms. The van der Waals surface area contributed by atoms with Crippen molar-refractivity contribution in [1.29, 1.82) is 0 Å². The van der Waals surface area contributed by atoms with Gasteiger partial charge >= 0.3 is 0 Å². The topological polar surface area (TPSA) is 0 Å². The maximum absolute atomic E-state index is 14.7. The second kappa shape index (κ2) is 9.46. The van der Waals surface area contributed by atoms with Crippen LogP contribution in [0.1, 0.15) is 36.5 Å². The Labute approximate surface area is 188 Å². The lowest BCUT2D eigenvalue weighted by Gasteiger charge is -2.07. The van der Waals surface area contributed by atoms with Gasteiger partial charge in [0, 0.05) is 10.9 Å². The predicted molar refractivity (Wildman–Crippen MR) is 120 cm³/mol.